The fourth-order valence-corrected chi connectivity index (χ4v) is 7.15. The van der Waals surface area contributed by atoms with Gasteiger partial charge >= 0.3 is 7.60 Å². The van der Waals surface area contributed by atoms with Crippen LogP contribution < -0.4 is 24.8 Å². The molecule has 2 atom stereocenters. The number of hydrogen-bond acceptors (Lipinski definition) is 7. The Morgan fingerprint density at radius 3 is 1.93 bits per heavy atom. The Labute approximate surface area is 276 Å². The number of carbonyl (C=O) groups excluding carboxylic acids is 2. The van der Waals surface area contributed by atoms with Crippen LogP contribution in [0, 0.1) is 0 Å². The second kappa shape index (κ2) is 16.9. The largest absolute Gasteiger partial charge is 0.457 e. The molecule has 0 bridgehead atoms. The highest BCUT2D eigenvalue weighted by atomic mass is 35.5. The number of amides is 2. The number of para-hydroxylation sites is 4. The van der Waals surface area contributed by atoms with Gasteiger partial charge in [-0.3, -0.25) is 9.59 Å². The number of rotatable bonds is 14. The zero-order chi connectivity index (χ0) is 31.5. The van der Waals surface area contributed by atoms with Gasteiger partial charge in [0.25, 0.3) is 5.91 Å². The van der Waals surface area contributed by atoms with Gasteiger partial charge in [-0.15, -0.1) is 12.4 Å². The molecule has 1 fully saturated rings. The maximum absolute atomic E-state index is 14.7. The van der Waals surface area contributed by atoms with Crippen LogP contribution >= 0.6 is 20.0 Å². The van der Waals surface area contributed by atoms with Crippen LogP contribution in [0.4, 0.5) is 0 Å². The summed E-state index contributed by atoms with van der Waals surface area (Å²) in [6.45, 7) is 0.840. The molecule has 1 aliphatic rings. The van der Waals surface area contributed by atoms with Crippen LogP contribution in [-0.4, -0.2) is 41.6 Å². The molecule has 0 spiro atoms. The van der Waals surface area contributed by atoms with Gasteiger partial charge in [0.2, 0.25) is 5.91 Å². The summed E-state index contributed by atoms with van der Waals surface area (Å²) < 4.78 is 32.8. The van der Waals surface area contributed by atoms with E-state index in [9.17, 15) is 14.2 Å². The van der Waals surface area contributed by atoms with Crippen LogP contribution in [0.3, 0.4) is 0 Å². The molecule has 5 rings (SSSR count). The average Bonchev–Trinajstić information content (AvgIpc) is 3.56. The molecule has 1 saturated heterocycles. The van der Waals surface area contributed by atoms with Crippen LogP contribution in [-0.2, 0) is 9.36 Å². The van der Waals surface area contributed by atoms with Crippen molar-refractivity contribution < 1.29 is 27.9 Å². The van der Waals surface area contributed by atoms with Crippen molar-refractivity contribution in [3.63, 3.8) is 0 Å². The minimum absolute atomic E-state index is 0. The summed E-state index contributed by atoms with van der Waals surface area (Å²) in [6.07, 6.45) is 2.64. The Balaban J connectivity index is 0.00000480. The van der Waals surface area contributed by atoms with Crippen molar-refractivity contribution in [1.29, 1.82) is 0 Å². The van der Waals surface area contributed by atoms with Gasteiger partial charge in [-0.2, -0.15) is 0 Å². The molecule has 3 N–H and O–H groups in total. The topological polar surface area (TPSA) is 120 Å². The Bertz CT molecular complexity index is 1550. The molecule has 242 valence electrons. The third kappa shape index (κ3) is 8.91. The number of unbranched alkanes of at least 4 members (excludes halogenated alkanes) is 1. The first kappa shape index (κ1) is 34.6. The van der Waals surface area contributed by atoms with Gasteiger partial charge in [0, 0.05) is 6.54 Å². The van der Waals surface area contributed by atoms with Gasteiger partial charge in [-0.1, -0.05) is 66.7 Å². The zero-order valence-electron chi connectivity index (χ0n) is 25.4. The number of nitrogens with two attached hydrogens (primary N) is 1. The Morgan fingerprint density at radius 1 is 0.804 bits per heavy atom. The SMILES string of the molecule is Cl.NCCCCC(NC(=O)[C@@H]1CCCN1C(=O)c1ccccc1Oc1ccccc1)P(=O)(Oc1ccccc1)Oc1ccccc1. The molecule has 46 heavy (non-hydrogen) atoms. The fraction of sp³-hybridized carbons (Fsp3) is 0.257. The number of nitrogens with zero attached hydrogens (tertiary/aromatic N) is 1. The lowest BCUT2D eigenvalue weighted by Gasteiger charge is -2.31. The minimum Gasteiger partial charge on any atom is -0.457 e. The Kier molecular flexibility index (Phi) is 12.7. The molecule has 4 aromatic rings. The van der Waals surface area contributed by atoms with Crippen molar-refractivity contribution in [3.05, 3.63) is 121 Å². The summed E-state index contributed by atoms with van der Waals surface area (Å²) in [5, 5.41) is 2.97. The first-order chi connectivity index (χ1) is 22.0. The number of nitrogens with one attached hydrogen (secondary N) is 1. The van der Waals surface area contributed by atoms with Crippen LogP contribution in [0.2, 0.25) is 0 Å². The Morgan fingerprint density at radius 2 is 1.35 bits per heavy atom. The second-order valence-corrected chi connectivity index (χ2v) is 12.8. The van der Waals surface area contributed by atoms with E-state index >= 15 is 0 Å². The lowest BCUT2D eigenvalue weighted by Crippen LogP contribution is -2.49. The molecule has 0 saturated carbocycles. The average molecular weight is 664 g/mol. The molecule has 0 radical (unpaired) electrons. The third-order valence-electron chi connectivity index (χ3n) is 7.48. The maximum atomic E-state index is 14.7. The summed E-state index contributed by atoms with van der Waals surface area (Å²) in [7, 11) is -4.05. The minimum atomic E-state index is -4.05. The smallest absolute Gasteiger partial charge is 0.452 e. The van der Waals surface area contributed by atoms with Crippen LogP contribution in [0.25, 0.3) is 0 Å². The van der Waals surface area contributed by atoms with Gasteiger partial charge in [-0.25, -0.2) is 4.57 Å². The van der Waals surface area contributed by atoms with E-state index in [1.807, 2.05) is 42.5 Å². The molecule has 9 nitrogen and oxygen atoms in total. The maximum Gasteiger partial charge on any atom is 0.452 e. The van der Waals surface area contributed by atoms with Crippen molar-refractivity contribution >= 4 is 31.8 Å². The van der Waals surface area contributed by atoms with Gasteiger partial charge in [0.1, 0.15) is 29.0 Å². The van der Waals surface area contributed by atoms with Crippen molar-refractivity contribution in [2.75, 3.05) is 13.1 Å². The van der Waals surface area contributed by atoms with Crippen molar-refractivity contribution in [2.24, 2.45) is 5.73 Å². The van der Waals surface area contributed by atoms with E-state index in [1.165, 1.54) is 0 Å². The molecular formula is C35H39ClN3O6P. The summed E-state index contributed by atoms with van der Waals surface area (Å²) in [6, 6.07) is 32.9. The van der Waals surface area contributed by atoms with E-state index in [0.717, 1.165) is 0 Å². The summed E-state index contributed by atoms with van der Waals surface area (Å²) >= 11 is 0. The molecule has 0 aliphatic carbocycles. The van der Waals surface area contributed by atoms with Crippen molar-refractivity contribution in [3.8, 4) is 23.0 Å². The molecular weight excluding hydrogens is 625 g/mol. The number of ether oxygens (including phenoxy) is 1. The molecule has 1 heterocycles. The number of halogens is 1. The predicted octanol–water partition coefficient (Wildman–Crippen LogP) is 7.43. The summed E-state index contributed by atoms with van der Waals surface area (Å²) in [5.41, 5.74) is 6.12. The van der Waals surface area contributed by atoms with E-state index in [4.69, 9.17) is 19.5 Å². The number of benzene rings is 4. The molecule has 4 aromatic carbocycles. The van der Waals surface area contributed by atoms with Crippen LogP contribution in [0.15, 0.2) is 115 Å². The second-order valence-electron chi connectivity index (χ2n) is 10.7. The van der Waals surface area contributed by atoms with Gasteiger partial charge in [0.15, 0.2) is 5.78 Å². The lowest BCUT2D eigenvalue weighted by molar-refractivity contribution is -0.125. The van der Waals surface area contributed by atoms with Gasteiger partial charge < -0.3 is 29.7 Å². The fourth-order valence-electron chi connectivity index (χ4n) is 5.24. The van der Waals surface area contributed by atoms with Gasteiger partial charge in [-0.05, 0) is 87.2 Å². The first-order valence-corrected chi connectivity index (χ1v) is 16.8. The number of likely N-dealkylation sites (tertiary alicyclic amines) is 1. The van der Waals surface area contributed by atoms with E-state index in [0.29, 0.717) is 73.8 Å². The lowest BCUT2D eigenvalue weighted by atomic mass is 10.1. The van der Waals surface area contributed by atoms with E-state index in [2.05, 4.69) is 5.32 Å². The van der Waals surface area contributed by atoms with Crippen molar-refractivity contribution in [2.45, 2.75) is 43.9 Å². The first-order valence-electron chi connectivity index (χ1n) is 15.2. The van der Waals surface area contributed by atoms with Crippen molar-refractivity contribution in [1.82, 2.24) is 10.2 Å². The quantitative estimate of drug-likeness (QED) is 0.106. The third-order valence-corrected chi connectivity index (χ3v) is 9.56. The highest BCUT2D eigenvalue weighted by Crippen LogP contribution is 2.53. The standard InChI is InChI=1S/C35H38N3O6P.ClH/c36-25-13-12-24-33(45(41,43-28-17-6-2-7-18-28)44-29-19-8-3-9-20-29)37-34(39)31-22-14-26-38(31)35(40)30-21-10-11-23-32(30)42-27-15-4-1-5-16-27;/h1-11,15-21,23,31,33H,12-14,22,24-26,36H2,(H,37,39);1H/t31-,33?;/m0./s1. The van der Waals surface area contributed by atoms with E-state index < -0.39 is 25.3 Å². The molecule has 0 aromatic heterocycles. The normalized spacial score (nSPS) is 14.9. The highest BCUT2D eigenvalue weighted by molar-refractivity contribution is 7.55. The monoisotopic (exact) mass is 663 g/mol. The molecule has 1 unspecified atom stereocenters. The van der Waals surface area contributed by atoms with Crippen LogP contribution in [0.5, 0.6) is 23.0 Å². The predicted molar refractivity (Wildman–Crippen MR) is 181 cm³/mol. The van der Waals surface area contributed by atoms with E-state index in [-0.39, 0.29) is 18.3 Å². The highest BCUT2D eigenvalue weighted by Gasteiger charge is 2.43. The van der Waals surface area contributed by atoms with Gasteiger partial charge in [0.05, 0.1) is 5.56 Å². The molecule has 2 amide bonds. The van der Waals surface area contributed by atoms with Crippen LogP contribution in [0.1, 0.15) is 42.5 Å². The zero-order valence-corrected chi connectivity index (χ0v) is 27.1. The summed E-state index contributed by atoms with van der Waals surface area (Å²) in [4.78, 5) is 29.4. The Hall–Kier alpha value is -4.30. The summed E-state index contributed by atoms with van der Waals surface area (Å²) in [5.74, 6) is -0.0391. The number of hydrogen-bond donors (Lipinski definition) is 2. The van der Waals surface area contributed by atoms with E-state index in [1.54, 1.807) is 77.7 Å². The number of carbonyl (C=O) groups is 2. The molecule has 11 heteroatoms. The molecule has 1 aliphatic heterocycles.